The quantitative estimate of drug-likeness (QED) is 0.0603. The molecular weight excluding hydrogens is 905 g/mol. The fourth-order valence-electron chi connectivity index (χ4n) is 9.27. The summed E-state index contributed by atoms with van der Waals surface area (Å²) in [6.45, 7) is 2.76. The number of rotatable bonds is 22. The Morgan fingerprint density at radius 2 is 0.634 bits per heavy atom. The average molecular weight is 967 g/mol. The zero-order valence-electron chi connectivity index (χ0n) is 39.6. The summed E-state index contributed by atoms with van der Waals surface area (Å²) in [5.41, 5.74) is 5.89. The van der Waals surface area contributed by atoms with Crippen LogP contribution in [-0.4, -0.2) is 101 Å². The Hall–Kier alpha value is -5.20. The van der Waals surface area contributed by atoms with E-state index in [1.807, 2.05) is 182 Å². The SMILES string of the molecule is c1ccc(CO[C@@H]2[C@@H](OCc3ccccc3)[C@@H](OCCOCCO[C@H]3O[C@@H]4CO[C@@H](c5ccccc5)O[C@H]4[C@H](OCc4ccccc4)[C@H]3OCc3ccccc3)O[C@@H]3CO[C@@H](c4ccccc4)O[C@@H]23)cc1. The molecule has 372 valence electrons. The molecule has 0 radical (unpaired) electrons. The lowest BCUT2D eigenvalue weighted by Crippen LogP contribution is -2.63. The van der Waals surface area contributed by atoms with Gasteiger partial charge in [-0.25, -0.2) is 0 Å². The van der Waals surface area contributed by atoms with Crippen molar-refractivity contribution in [2.24, 2.45) is 0 Å². The zero-order chi connectivity index (χ0) is 47.9. The highest BCUT2D eigenvalue weighted by Gasteiger charge is 2.53. The molecule has 0 amide bonds. The molecular formula is C58H62O13. The van der Waals surface area contributed by atoms with Crippen molar-refractivity contribution in [2.45, 2.75) is 100 Å². The minimum Gasteiger partial charge on any atom is -0.377 e. The van der Waals surface area contributed by atoms with Crippen LogP contribution < -0.4 is 0 Å². The number of fused-ring (bicyclic) bond motifs is 2. The summed E-state index contributed by atoms with van der Waals surface area (Å²) in [6.07, 6.45) is -7.27. The lowest BCUT2D eigenvalue weighted by Gasteiger charge is -2.49. The molecule has 0 saturated carbocycles. The first-order valence-electron chi connectivity index (χ1n) is 24.6. The van der Waals surface area contributed by atoms with Gasteiger partial charge in [-0.15, -0.1) is 0 Å². The predicted molar refractivity (Wildman–Crippen MR) is 260 cm³/mol. The van der Waals surface area contributed by atoms with Crippen molar-refractivity contribution in [3.05, 3.63) is 215 Å². The van der Waals surface area contributed by atoms with E-state index in [4.69, 9.17) is 61.6 Å². The molecule has 0 aromatic heterocycles. The van der Waals surface area contributed by atoms with Crippen molar-refractivity contribution < 1.29 is 61.6 Å². The van der Waals surface area contributed by atoms with Crippen LogP contribution in [0, 0.1) is 0 Å². The Labute approximate surface area is 415 Å². The van der Waals surface area contributed by atoms with Gasteiger partial charge in [0, 0.05) is 11.1 Å². The molecule has 4 aliphatic rings. The minimum absolute atomic E-state index is 0.201. The molecule has 0 N–H and O–H groups in total. The second-order valence-corrected chi connectivity index (χ2v) is 17.8. The average Bonchev–Trinajstić information content (AvgIpc) is 3.44. The monoisotopic (exact) mass is 966 g/mol. The Balaban J connectivity index is 0.797. The van der Waals surface area contributed by atoms with Gasteiger partial charge in [-0.2, -0.15) is 0 Å². The molecule has 12 atom stereocenters. The second-order valence-electron chi connectivity index (χ2n) is 17.8. The number of ether oxygens (including phenoxy) is 13. The van der Waals surface area contributed by atoms with Crippen molar-refractivity contribution in [1.82, 2.24) is 0 Å². The van der Waals surface area contributed by atoms with E-state index in [2.05, 4.69) is 0 Å². The minimum atomic E-state index is -0.818. The molecule has 0 aliphatic carbocycles. The normalized spacial score (nSPS) is 28.4. The molecule has 10 rings (SSSR count). The Morgan fingerprint density at radius 3 is 0.972 bits per heavy atom. The van der Waals surface area contributed by atoms with Crippen molar-refractivity contribution in [1.29, 1.82) is 0 Å². The van der Waals surface area contributed by atoms with Crippen LogP contribution in [0.2, 0.25) is 0 Å². The van der Waals surface area contributed by atoms with E-state index in [0.29, 0.717) is 26.4 Å². The summed E-state index contributed by atoms with van der Waals surface area (Å²) in [5.74, 6) is 0. The number of benzene rings is 6. The van der Waals surface area contributed by atoms with E-state index in [-0.39, 0.29) is 39.6 Å². The van der Waals surface area contributed by atoms with Crippen LogP contribution >= 0.6 is 0 Å². The highest BCUT2D eigenvalue weighted by atomic mass is 16.8. The molecule has 13 heteroatoms. The third-order valence-corrected chi connectivity index (χ3v) is 12.9. The Morgan fingerprint density at radius 1 is 0.324 bits per heavy atom. The van der Waals surface area contributed by atoms with E-state index >= 15 is 0 Å². The van der Waals surface area contributed by atoms with Crippen LogP contribution in [0.25, 0.3) is 0 Å². The van der Waals surface area contributed by atoms with Crippen molar-refractivity contribution >= 4 is 0 Å². The smallest absolute Gasteiger partial charge is 0.187 e. The summed E-state index contributed by atoms with van der Waals surface area (Å²) in [6, 6.07) is 59.9. The van der Waals surface area contributed by atoms with E-state index in [1.165, 1.54) is 0 Å². The molecule has 6 aromatic rings. The molecule has 0 spiro atoms. The molecule has 4 aliphatic heterocycles. The summed E-state index contributed by atoms with van der Waals surface area (Å²) >= 11 is 0. The first-order chi connectivity index (χ1) is 35.2. The van der Waals surface area contributed by atoms with Gasteiger partial charge < -0.3 is 61.6 Å². The molecule has 4 fully saturated rings. The molecule has 0 bridgehead atoms. The van der Waals surface area contributed by atoms with Gasteiger partial charge in [0.25, 0.3) is 0 Å². The first-order valence-corrected chi connectivity index (χ1v) is 24.6. The lowest BCUT2D eigenvalue weighted by molar-refractivity contribution is -0.374. The van der Waals surface area contributed by atoms with E-state index in [1.54, 1.807) is 0 Å². The maximum atomic E-state index is 6.77. The molecule has 4 saturated heterocycles. The summed E-state index contributed by atoms with van der Waals surface area (Å²) in [7, 11) is 0. The van der Waals surface area contributed by atoms with Gasteiger partial charge in [0.05, 0.1) is 66.1 Å². The third-order valence-electron chi connectivity index (χ3n) is 12.9. The van der Waals surface area contributed by atoms with Crippen LogP contribution in [0.3, 0.4) is 0 Å². The highest BCUT2D eigenvalue weighted by Crippen LogP contribution is 2.39. The topological polar surface area (TPSA) is 120 Å². The van der Waals surface area contributed by atoms with Gasteiger partial charge in [0.15, 0.2) is 25.2 Å². The van der Waals surface area contributed by atoms with Crippen molar-refractivity contribution in [3.8, 4) is 0 Å². The third kappa shape index (κ3) is 13.3. The van der Waals surface area contributed by atoms with Gasteiger partial charge in [0.2, 0.25) is 0 Å². The lowest BCUT2D eigenvalue weighted by atomic mass is 9.97. The molecule has 6 aromatic carbocycles. The Bertz CT molecular complexity index is 2250. The predicted octanol–water partition coefficient (Wildman–Crippen LogP) is 9.06. The summed E-state index contributed by atoms with van der Waals surface area (Å²) in [5, 5.41) is 0. The standard InChI is InChI=1S/C58H62O13/c1-7-19-41(20-8-1)35-62-51-49-47(39-66-55(70-49)45-27-15-5-16-28-45)68-57(53(51)64-37-43-23-11-3-12-24-43)60-33-31-59-32-34-61-58-54(65-38-44-25-13-4-14-26-44)52(63-36-42-21-9-2-10-22-42)50-48(69-58)40-67-56(71-50)46-29-17-6-18-30-46/h1-30,47-58H,31-40H2/t47-,48-,49-,50-,51+,52+,53-,54-,55-,56-,57+,58+/m1/s1. The summed E-state index contributed by atoms with van der Waals surface area (Å²) in [4.78, 5) is 0. The van der Waals surface area contributed by atoms with Crippen LogP contribution in [0.5, 0.6) is 0 Å². The fraction of sp³-hybridized carbons (Fsp3) is 0.379. The van der Waals surface area contributed by atoms with Gasteiger partial charge in [0.1, 0.15) is 48.8 Å². The maximum Gasteiger partial charge on any atom is 0.187 e. The van der Waals surface area contributed by atoms with Crippen LogP contribution in [0.4, 0.5) is 0 Å². The molecule has 71 heavy (non-hydrogen) atoms. The van der Waals surface area contributed by atoms with Gasteiger partial charge in [-0.05, 0) is 22.3 Å². The van der Waals surface area contributed by atoms with Gasteiger partial charge in [-0.3, -0.25) is 0 Å². The van der Waals surface area contributed by atoms with Crippen molar-refractivity contribution in [3.63, 3.8) is 0 Å². The van der Waals surface area contributed by atoms with E-state index in [0.717, 1.165) is 33.4 Å². The summed E-state index contributed by atoms with van der Waals surface area (Å²) < 4.78 is 85.2. The number of hydrogen-bond donors (Lipinski definition) is 0. The maximum absolute atomic E-state index is 6.77. The zero-order valence-corrected chi connectivity index (χ0v) is 39.6. The Kier molecular flexibility index (Phi) is 17.7. The van der Waals surface area contributed by atoms with Crippen LogP contribution in [-0.2, 0) is 88.0 Å². The molecule has 13 nitrogen and oxygen atoms in total. The van der Waals surface area contributed by atoms with Crippen molar-refractivity contribution in [2.75, 3.05) is 39.6 Å². The molecule has 4 heterocycles. The second kappa shape index (κ2) is 25.5. The first kappa shape index (κ1) is 49.4. The highest BCUT2D eigenvalue weighted by molar-refractivity contribution is 5.20. The van der Waals surface area contributed by atoms with Gasteiger partial charge >= 0.3 is 0 Å². The van der Waals surface area contributed by atoms with Crippen LogP contribution in [0.1, 0.15) is 46.0 Å². The van der Waals surface area contributed by atoms with Gasteiger partial charge in [-0.1, -0.05) is 182 Å². The van der Waals surface area contributed by atoms with E-state index in [9.17, 15) is 0 Å². The van der Waals surface area contributed by atoms with Crippen LogP contribution in [0.15, 0.2) is 182 Å². The molecule has 0 unspecified atom stereocenters. The fourth-order valence-corrected chi connectivity index (χ4v) is 9.27. The van der Waals surface area contributed by atoms with E-state index < -0.39 is 74.0 Å². The number of hydrogen-bond acceptors (Lipinski definition) is 13. The largest absolute Gasteiger partial charge is 0.377 e.